The van der Waals surface area contributed by atoms with Crippen molar-refractivity contribution < 1.29 is 4.74 Å². The summed E-state index contributed by atoms with van der Waals surface area (Å²) in [5, 5.41) is 6.39. The Balaban J connectivity index is 1.49. The molecule has 1 unspecified atom stereocenters. The Morgan fingerprint density at radius 3 is 2.69 bits per heavy atom. The molecule has 1 fully saturated rings. The number of fused-ring (bicyclic) bond motifs is 4. The largest absolute Gasteiger partial charge is 0.381 e. The van der Waals surface area contributed by atoms with Crippen LogP contribution in [0.25, 0.3) is 27.5 Å². The summed E-state index contributed by atoms with van der Waals surface area (Å²) < 4.78 is 9.19. The highest BCUT2D eigenvalue weighted by atomic mass is 16.5. The standard InChI is InChI=1S/C27H28N6O2/c1-3-19-14-25-32(27(34)21-9-5-7-11-23(21)33(25)30-19)16-24-28-22-10-6-4-8-20(22)26(29-24)31(2)15-18-12-13-35-17-18/h4-11,14,18H,3,12-13,15-17H2,1-2H3. The van der Waals surface area contributed by atoms with Crippen LogP contribution in [-0.4, -0.2) is 51.0 Å². The van der Waals surface area contributed by atoms with Crippen molar-refractivity contribution in [2.45, 2.75) is 26.3 Å². The minimum atomic E-state index is -0.0644. The molecule has 1 aliphatic heterocycles. The van der Waals surface area contributed by atoms with Gasteiger partial charge in [-0.2, -0.15) is 5.10 Å². The van der Waals surface area contributed by atoms with Gasteiger partial charge in [-0.25, -0.2) is 14.5 Å². The van der Waals surface area contributed by atoms with E-state index in [1.54, 1.807) is 4.57 Å². The van der Waals surface area contributed by atoms with E-state index < -0.39 is 0 Å². The van der Waals surface area contributed by atoms with Gasteiger partial charge in [0.2, 0.25) is 0 Å². The topological polar surface area (TPSA) is 77.6 Å². The van der Waals surface area contributed by atoms with Crippen LogP contribution in [0.3, 0.4) is 0 Å². The first-order valence-corrected chi connectivity index (χ1v) is 12.2. The van der Waals surface area contributed by atoms with Gasteiger partial charge in [0.05, 0.1) is 35.3 Å². The quantitative estimate of drug-likeness (QED) is 0.378. The molecule has 8 nitrogen and oxygen atoms in total. The zero-order chi connectivity index (χ0) is 23.9. The van der Waals surface area contributed by atoms with E-state index in [9.17, 15) is 4.79 Å². The highest BCUT2D eigenvalue weighted by Gasteiger charge is 2.21. The molecule has 1 saturated heterocycles. The molecule has 5 aromatic rings. The predicted octanol–water partition coefficient (Wildman–Crippen LogP) is 3.68. The van der Waals surface area contributed by atoms with E-state index >= 15 is 0 Å². The van der Waals surface area contributed by atoms with Crippen LogP contribution in [0, 0.1) is 5.92 Å². The van der Waals surface area contributed by atoms with Crippen LogP contribution in [0.2, 0.25) is 0 Å². The number of para-hydroxylation sites is 2. The van der Waals surface area contributed by atoms with Gasteiger partial charge in [-0.15, -0.1) is 0 Å². The molecular formula is C27H28N6O2. The molecule has 1 atom stereocenters. The molecule has 8 heteroatoms. The average Bonchev–Trinajstić information content (AvgIpc) is 3.56. The van der Waals surface area contributed by atoms with E-state index in [0.29, 0.717) is 17.1 Å². The average molecular weight is 469 g/mol. The van der Waals surface area contributed by atoms with E-state index in [1.165, 1.54) is 0 Å². The van der Waals surface area contributed by atoms with E-state index in [-0.39, 0.29) is 12.1 Å². The maximum absolute atomic E-state index is 13.6. The normalized spacial score (nSPS) is 16.0. The summed E-state index contributed by atoms with van der Waals surface area (Å²) in [6.07, 6.45) is 1.85. The lowest BCUT2D eigenvalue weighted by atomic mass is 10.1. The van der Waals surface area contributed by atoms with Crippen molar-refractivity contribution in [3.8, 4) is 0 Å². The van der Waals surface area contributed by atoms with Gasteiger partial charge in [0.1, 0.15) is 11.5 Å². The number of ether oxygens (including phenoxy) is 1. The zero-order valence-electron chi connectivity index (χ0n) is 20.0. The number of aromatic nitrogens is 5. The van der Waals surface area contributed by atoms with Gasteiger partial charge in [0.25, 0.3) is 5.56 Å². The lowest BCUT2D eigenvalue weighted by Crippen LogP contribution is -2.28. The molecule has 3 aromatic heterocycles. The van der Waals surface area contributed by atoms with E-state index in [1.807, 2.05) is 53.0 Å². The van der Waals surface area contributed by atoms with Crippen molar-refractivity contribution in [1.29, 1.82) is 0 Å². The van der Waals surface area contributed by atoms with Gasteiger partial charge >= 0.3 is 0 Å². The second-order valence-corrected chi connectivity index (χ2v) is 9.26. The SMILES string of the molecule is CCc1cc2n(Cc3nc(N(C)CC4CCOC4)c4ccccc4n3)c(=O)c3ccccc3n2n1. The number of anilines is 1. The molecule has 0 saturated carbocycles. The van der Waals surface area contributed by atoms with Crippen molar-refractivity contribution in [2.24, 2.45) is 5.92 Å². The summed E-state index contributed by atoms with van der Waals surface area (Å²) in [5.41, 5.74) is 3.30. The maximum Gasteiger partial charge on any atom is 0.262 e. The van der Waals surface area contributed by atoms with Crippen LogP contribution < -0.4 is 10.5 Å². The van der Waals surface area contributed by atoms with Crippen molar-refractivity contribution in [2.75, 3.05) is 31.7 Å². The minimum Gasteiger partial charge on any atom is -0.381 e. The van der Waals surface area contributed by atoms with Crippen molar-refractivity contribution in [3.63, 3.8) is 0 Å². The maximum atomic E-state index is 13.6. The minimum absolute atomic E-state index is 0.0644. The predicted molar refractivity (Wildman–Crippen MR) is 137 cm³/mol. The van der Waals surface area contributed by atoms with Crippen LogP contribution in [0.5, 0.6) is 0 Å². The third kappa shape index (κ3) is 3.83. The molecule has 6 rings (SSSR count). The summed E-state index contributed by atoms with van der Waals surface area (Å²) in [7, 11) is 2.07. The molecule has 0 N–H and O–H groups in total. The van der Waals surface area contributed by atoms with E-state index in [4.69, 9.17) is 19.8 Å². The van der Waals surface area contributed by atoms with Gasteiger partial charge in [-0.3, -0.25) is 9.36 Å². The van der Waals surface area contributed by atoms with Gasteiger partial charge in [0.15, 0.2) is 5.82 Å². The first kappa shape index (κ1) is 21.7. The molecule has 0 radical (unpaired) electrons. The third-order valence-electron chi connectivity index (χ3n) is 6.83. The van der Waals surface area contributed by atoms with Crippen LogP contribution >= 0.6 is 0 Å². The molecular weight excluding hydrogens is 440 g/mol. The lowest BCUT2D eigenvalue weighted by Gasteiger charge is -2.23. The molecule has 0 aliphatic carbocycles. The lowest BCUT2D eigenvalue weighted by molar-refractivity contribution is 0.186. The third-order valence-corrected chi connectivity index (χ3v) is 6.83. The summed E-state index contributed by atoms with van der Waals surface area (Å²) in [5.74, 6) is 1.97. The highest BCUT2D eigenvalue weighted by molar-refractivity contribution is 5.89. The molecule has 4 heterocycles. The first-order chi connectivity index (χ1) is 17.1. The molecule has 0 amide bonds. The van der Waals surface area contributed by atoms with E-state index in [0.717, 1.165) is 66.2 Å². The van der Waals surface area contributed by atoms with Crippen molar-refractivity contribution in [1.82, 2.24) is 24.1 Å². The van der Waals surface area contributed by atoms with Gasteiger partial charge < -0.3 is 9.64 Å². The summed E-state index contributed by atoms with van der Waals surface area (Å²) >= 11 is 0. The van der Waals surface area contributed by atoms with Gasteiger partial charge in [0, 0.05) is 37.6 Å². The Morgan fingerprint density at radius 2 is 1.89 bits per heavy atom. The zero-order valence-corrected chi connectivity index (χ0v) is 20.0. The monoisotopic (exact) mass is 468 g/mol. The molecule has 2 aromatic carbocycles. The van der Waals surface area contributed by atoms with Crippen molar-refractivity contribution in [3.05, 3.63) is 76.5 Å². The van der Waals surface area contributed by atoms with Crippen LogP contribution in [0.1, 0.15) is 24.9 Å². The number of aryl methyl sites for hydroxylation is 1. The Bertz CT molecular complexity index is 1600. The van der Waals surface area contributed by atoms with Crippen LogP contribution in [0.4, 0.5) is 5.82 Å². The number of hydrogen-bond donors (Lipinski definition) is 0. The fourth-order valence-electron chi connectivity index (χ4n) is 5.01. The second kappa shape index (κ2) is 8.78. The first-order valence-electron chi connectivity index (χ1n) is 12.2. The Labute approximate surface area is 202 Å². The van der Waals surface area contributed by atoms with E-state index in [2.05, 4.69) is 24.9 Å². The molecule has 0 spiro atoms. The summed E-state index contributed by atoms with van der Waals surface area (Å²) in [4.78, 5) is 25.6. The highest BCUT2D eigenvalue weighted by Crippen LogP contribution is 2.26. The fraction of sp³-hybridized carbons (Fsp3) is 0.333. The van der Waals surface area contributed by atoms with Crippen LogP contribution in [-0.2, 0) is 17.7 Å². The number of benzene rings is 2. The molecule has 0 bridgehead atoms. The Hall–Kier alpha value is -3.78. The summed E-state index contributed by atoms with van der Waals surface area (Å²) in [6, 6.07) is 17.7. The number of hydrogen-bond acceptors (Lipinski definition) is 6. The van der Waals surface area contributed by atoms with Crippen LogP contribution in [0.15, 0.2) is 59.4 Å². The smallest absolute Gasteiger partial charge is 0.262 e. The molecule has 1 aliphatic rings. The fourth-order valence-corrected chi connectivity index (χ4v) is 5.01. The Kier molecular flexibility index (Phi) is 5.45. The van der Waals surface area contributed by atoms with Gasteiger partial charge in [-0.1, -0.05) is 31.2 Å². The number of rotatable bonds is 6. The molecule has 178 valence electrons. The second-order valence-electron chi connectivity index (χ2n) is 9.26. The summed E-state index contributed by atoms with van der Waals surface area (Å²) in [6.45, 7) is 4.80. The Morgan fingerprint density at radius 1 is 1.09 bits per heavy atom. The van der Waals surface area contributed by atoms with Crippen molar-refractivity contribution >= 4 is 33.3 Å². The number of nitrogens with zero attached hydrogens (tertiary/aromatic N) is 6. The van der Waals surface area contributed by atoms with Gasteiger partial charge in [-0.05, 0) is 37.1 Å². The molecule has 35 heavy (non-hydrogen) atoms.